The van der Waals surface area contributed by atoms with E-state index in [1.54, 1.807) is 33.0 Å². The normalized spacial score (nSPS) is 13.4. The molecule has 1 aromatic carbocycles. The van der Waals surface area contributed by atoms with Crippen LogP contribution >= 0.6 is 0 Å². The molecular formula is C19H22N2O4. The molecule has 0 unspecified atom stereocenters. The second kappa shape index (κ2) is 6.63. The summed E-state index contributed by atoms with van der Waals surface area (Å²) in [4.78, 5) is 29.5. The van der Waals surface area contributed by atoms with Crippen LogP contribution < -0.4 is 15.0 Å². The van der Waals surface area contributed by atoms with Crippen LogP contribution in [0.3, 0.4) is 0 Å². The summed E-state index contributed by atoms with van der Waals surface area (Å²) in [6.45, 7) is 4.61. The molecule has 2 aromatic rings. The van der Waals surface area contributed by atoms with Gasteiger partial charge in [0.2, 0.25) is 0 Å². The third-order valence-electron chi connectivity index (χ3n) is 4.58. The summed E-state index contributed by atoms with van der Waals surface area (Å²) >= 11 is 0. The minimum Gasteiger partial charge on any atom is -0.493 e. The average molecular weight is 342 g/mol. The zero-order valence-electron chi connectivity index (χ0n) is 14.9. The van der Waals surface area contributed by atoms with E-state index in [0.29, 0.717) is 36.6 Å². The van der Waals surface area contributed by atoms with Gasteiger partial charge in [0.05, 0.1) is 14.2 Å². The average Bonchev–Trinajstić information content (AvgIpc) is 2.58. The van der Waals surface area contributed by atoms with Gasteiger partial charge in [-0.15, -0.1) is 0 Å². The van der Waals surface area contributed by atoms with Crippen molar-refractivity contribution >= 4 is 5.91 Å². The fraction of sp³-hybridized carbons (Fsp3) is 0.368. The van der Waals surface area contributed by atoms with Crippen molar-refractivity contribution in [2.24, 2.45) is 0 Å². The number of carbonyl (C=O) groups excluding carboxylic acids is 1. The molecule has 0 atom stereocenters. The van der Waals surface area contributed by atoms with Gasteiger partial charge in [0.25, 0.3) is 11.5 Å². The number of rotatable bonds is 3. The molecule has 25 heavy (non-hydrogen) atoms. The number of ether oxygens (including phenoxy) is 2. The number of methoxy groups -OCH3 is 2. The Kier molecular flexibility index (Phi) is 4.53. The number of fused-ring (bicyclic) bond motifs is 1. The van der Waals surface area contributed by atoms with Crippen LogP contribution in [0.1, 0.15) is 32.7 Å². The molecule has 1 aromatic heterocycles. The molecule has 3 rings (SSSR count). The van der Waals surface area contributed by atoms with Crippen molar-refractivity contribution in [3.8, 4) is 11.5 Å². The number of aromatic amines is 1. The summed E-state index contributed by atoms with van der Waals surface area (Å²) in [6.07, 6.45) is 0.713. The molecule has 1 N–H and O–H groups in total. The van der Waals surface area contributed by atoms with Gasteiger partial charge in [-0.25, -0.2) is 0 Å². The fourth-order valence-electron chi connectivity index (χ4n) is 3.33. The van der Waals surface area contributed by atoms with E-state index in [-0.39, 0.29) is 17.0 Å². The number of carbonyl (C=O) groups is 1. The molecule has 0 fully saturated rings. The van der Waals surface area contributed by atoms with Gasteiger partial charge in [-0.3, -0.25) is 9.59 Å². The highest BCUT2D eigenvalue weighted by atomic mass is 16.5. The Morgan fingerprint density at radius 1 is 1.08 bits per heavy atom. The number of nitrogens with one attached hydrogen (secondary N) is 1. The number of pyridine rings is 1. The van der Waals surface area contributed by atoms with Crippen LogP contribution in [0.5, 0.6) is 11.5 Å². The molecule has 0 bridgehead atoms. The van der Waals surface area contributed by atoms with E-state index < -0.39 is 0 Å². The first-order valence-electron chi connectivity index (χ1n) is 8.18. The highest BCUT2D eigenvalue weighted by Crippen LogP contribution is 2.33. The topological polar surface area (TPSA) is 71.6 Å². The Hall–Kier alpha value is -2.76. The second-order valence-corrected chi connectivity index (χ2v) is 6.29. The largest absolute Gasteiger partial charge is 0.493 e. The summed E-state index contributed by atoms with van der Waals surface area (Å²) in [5.74, 6) is 1.09. The summed E-state index contributed by atoms with van der Waals surface area (Å²) in [5.41, 5.74) is 3.48. The number of hydrogen-bond donors (Lipinski definition) is 1. The van der Waals surface area contributed by atoms with Gasteiger partial charge < -0.3 is 19.4 Å². The standard InChI is InChI=1S/C19H22N2O4/c1-11-7-12(2)20-18(22)17(11)19(23)21-6-5-13-8-15(24-3)16(25-4)9-14(13)10-21/h7-9H,5-6,10H2,1-4H3,(H,20,22). The number of aryl methyl sites for hydroxylation is 2. The molecule has 132 valence electrons. The molecule has 0 radical (unpaired) electrons. The lowest BCUT2D eigenvalue weighted by molar-refractivity contribution is 0.0732. The first kappa shape index (κ1) is 17.1. The van der Waals surface area contributed by atoms with Crippen molar-refractivity contribution < 1.29 is 14.3 Å². The Balaban J connectivity index is 1.93. The van der Waals surface area contributed by atoms with E-state index >= 15 is 0 Å². The third kappa shape index (κ3) is 3.12. The van der Waals surface area contributed by atoms with Crippen LogP contribution in [0.2, 0.25) is 0 Å². The van der Waals surface area contributed by atoms with E-state index in [1.807, 2.05) is 18.2 Å². The van der Waals surface area contributed by atoms with Gasteiger partial charge in [0.1, 0.15) is 5.56 Å². The predicted molar refractivity (Wildman–Crippen MR) is 94.5 cm³/mol. The lowest BCUT2D eigenvalue weighted by Crippen LogP contribution is -2.39. The zero-order valence-corrected chi connectivity index (χ0v) is 14.9. The Bertz CT molecular complexity index is 886. The summed E-state index contributed by atoms with van der Waals surface area (Å²) in [5, 5.41) is 0. The van der Waals surface area contributed by atoms with Gasteiger partial charge in [-0.1, -0.05) is 0 Å². The quantitative estimate of drug-likeness (QED) is 0.928. The van der Waals surface area contributed by atoms with Crippen LogP contribution in [0, 0.1) is 13.8 Å². The number of nitrogens with zero attached hydrogens (tertiary/aromatic N) is 1. The van der Waals surface area contributed by atoms with Crippen molar-refractivity contribution in [2.75, 3.05) is 20.8 Å². The summed E-state index contributed by atoms with van der Waals surface area (Å²) < 4.78 is 10.7. The first-order valence-corrected chi connectivity index (χ1v) is 8.18. The minimum atomic E-state index is -0.333. The SMILES string of the molecule is COc1cc2c(cc1OC)CN(C(=O)c1c(C)cc(C)[nH]c1=O)CC2. The maximum atomic E-state index is 12.9. The van der Waals surface area contributed by atoms with E-state index in [0.717, 1.165) is 16.8 Å². The van der Waals surface area contributed by atoms with Gasteiger partial charge in [-0.05, 0) is 55.2 Å². The number of H-pyrrole nitrogens is 1. The van der Waals surface area contributed by atoms with Gasteiger partial charge in [0, 0.05) is 18.8 Å². The number of benzene rings is 1. The molecule has 0 saturated heterocycles. The molecule has 6 heteroatoms. The van der Waals surface area contributed by atoms with Gasteiger partial charge in [0.15, 0.2) is 11.5 Å². The highest BCUT2D eigenvalue weighted by molar-refractivity contribution is 5.95. The van der Waals surface area contributed by atoms with E-state index in [2.05, 4.69) is 4.98 Å². The minimum absolute atomic E-state index is 0.217. The van der Waals surface area contributed by atoms with E-state index in [1.165, 1.54) is 0 Å². The van der Waals surface area contributed by atoms with Gasteiger partial charge in [-0.2, -0.15) is 0 Å². The molecular weight excluding hydrogens is 320 g/mol. The lowest BCUT2D eigenvalue weighted by Gasteiger charge is -2.30. The molecule has 1 aliphatic heterocycles. The smallest absolute Gasteiger partial charge is 0.261 e. The Morgan fingerprint density at radius 3 is 2.32 bits per heavy atom. The van der Waals surface area contributed by atoms with Crippen LogP contribution in [0.15, 0.2) is 23.0 Å². The second-order valence-electron chi connectivity index (χ2n) is 6.29. The molecule has 1 aliphatic rings. The zero-order chi connectivity index (χ0) is 18.1. The maximum Gasteiger partial charge on any atom is 0.261 e. The first-order chi connectivity index (χ1) is 11.9. The highest BCUT2D eigenvalue weighted by Gasteiger charge is 2.26. The van der Waals surface area contributed by atoms with Crippen molar-refractivity contribution in [3.63, 3.8) is 0 Å². The van der Waals surface area contributed by atoms with Crippen molar-refractivity contribution in [1.82, 2.24) is 9.88 Å². The van der Waals surface area contributed by atoms with Crippen molar-refractivity contribution in [2.45, 2.75) is 26.8 Å². The maximum absolute atomic E-state index is 12.9. The molecule has 2 heterocycles. The molecule has 0 saturated carbocycles. The number of amides is 1. The van der Waals surface area contributed by atoms with Crippen molar-refractivity contribution in [1.29, 1.82) is 0 Å². The van der Waals surface area contributed by atoms with E-state index in [4.69, 9.17) is 9.47 Å². The molecule has 6 nitrogen and oxygen atoms in total. The lowest BCUT2D eigenvalue weighted by atomic mass is 9.97. The Labute approximate surface area is 146 Å². The monoisotopic (exact) mass is 342 g/mol. The third-order valence-corrected chi connectivity index (χ3v) is 4.58. The molecule has 0 aliphatic carbocycles. The number of hydrogen-bond acceptors (Lipinski definition) is 4. The van der Waals surface area contributed by atoms with E-state index in [9.17, 15) is 9.59 Å². The van der Waals surface area contributed by atoms with Crippen LogP contribution in [0.4, 0.5) is 0 Å². The van der Waals surface area contributed by atoms with Crippen molar-refractivity contribution in [3.05, 3.63) is 56.5 Å². The predicted octanol–water partition coefficient (Wildman–Crippen LogP) is 2.21. The number of aromatic nitrogens is 1. The van der Waals surface area contributed by atoms with Crippen LogP contribution in [-0.4, -0.2) is 36.6 Å². The summed E-state index contributed by atoms with van der Waals surface area (Å²) in [7, 11) is 3.19. The molecule has 0 spiro atoms. The molecule has 1 amide bonds. The summed E-state index contributed by atoms with van der Waals surface area (Å²) in [6, 6.07) is 5.68. The van der Waals surface area contributed by atoms with Crippen LogP contribution in [0.25, 0.3) is 0 Å². The Morgan fingerprint density at radius 2 is 1.72 bits per heavy atom. The van der Waals surface area contributed by atoms with Gasteiger partial charge >= 0.3 is 0 Å². The van der Waals surface area contributed by atoms with Crippen LogP contribution in [-0.2, 0) is 13.0 Å². The fourth-order valence-corrected chi connectivity index (χ4v) is 3.33.